The summed E-state index contributed by atoms with van der Waals surface area (Å²) in [5.74, 6) is 1.00. The summed E-state index contributed by atoms with van der Waals surface area (Å²) >= 11 is 2.31. The molecule has 1 aromatic carbocycles. The average molecular weight is 319 g/mol. The van der Waals surface area contributed by atoms with Crippen LogP contribution in [0.3, 0.4) is 0 Å². The second-order valence-corrected chi connectivity index (χ2v) is 4.69. The zero-order valence-corrected chi connectivity index (χ0v) is 10.8. The van der Waals surface area contributed by atoms with E-state index in [-0.39, 0.29) is 6.04 Å². The largest absolute Gasteiger partial charge is 0.492 e. The molecule has 0 aliphatic carbocycles. The van der Waals surface area contributed by atoms with E-state index in [1.54, 1.807) is 7.11 Å². The third-order valence-electron chi connectivity index (χ3n) is 2.52. The molecule has 0 radical (unpaired) electrons. The van der Waals surface area contributed by atoms with Crippen molar-refractivity contribution in [1.82, 2.24) is 5.48 Å². The van der Waals surface area contributed by atoms with Crippen molar-refractivity contribution in [2.24, 2.45) is 0 Å². The summed E-state index contributed by atoms with van der Waals surface area (Å²) in [6.07, 6.45) is 2.09. The molecule has 2 rings (SSSR count). The first kappa shape index (κ1) is 11.2. The highest BCUT2D eigenvalue weighted by Gasteiger charge is 2.20. The number of nitrogens with one attached hydrogen (secondary N) is 1. The van der Waals surface area contributed by atoms with E-state index >= 15 is 0 Å². The van der Waals surface area contributed by atoms with Gasteiger partial charge in [-0.05, 0) is 41.5 Å². The van der Waals surface area contributed by atoms with Crippen LogP contribution in [0, 0.1) is 3.57 Å². The molecule has 0 fully saturated rings. The van der Waals surface area contributed by atoms with Crippen LogP contribution in [0.1, 0.15) is 24.4 Å². The second kappa shape index (κ2) is 5.14. The molecule has 1 unspecified atom stereocenters. The molecule has 15 heavy (non-hydrogen) atoms. The normalized spacial score (nSPS) is 20.3. The molecule has 0 aromatic heterocycles. The van der Waals surface area contributed by atoms with Crippen molar-refractivity contribution in [3.05, 3.63) is 27.3 Å². The molecular formula is C11H14INO2. The van der Waals surface area contributed by atoms with Crippen LogP contribution in [-0.4, -0.2) is 13.7 Å². The van der Waals surface area contributed by atoms with Crippen LogP contribution in [0.5, 0.6) is 5.75 Å². The lowest BCUT2D eigenvalue weighted by molar-refractivity contribution is 0.0579. The monoisotopic (exact) mass is 319 g/mol. The van der Waals surface area contributed by atoms with Gasteiger partial charge in [0.15, 0.2) is 0 Å². The molecule has 1 N–H and O–H groups in total. The van der Waals surface area contributed by atoms with E-state index in [1.807, 2.05) is 0 Å². The minimum absolute atomic E-state index is 0.238. The van der Waals surface area contributed by atoms with Crippen molar-refractivity contribution in [3.8, 4) is 5.75 Å². The maximum atomic E-state index is 5.75. The third kappa shape index (κ3) is 2.43. The van der Waals surface area contributed by atoms with E-state index in [1.165, 1.54) is 5.56 Å². The Morgan fingerprint density at radius 2 is 2.40 bits per heavy atom. The van der Waals surface area contributed by atoms with E-state index in [4.69, 9.17) is 9.57 Å². The fourth-order valence-electron chi connectivity index (χ4n) is 1.83. The number of benzene rings is 1. The lowest BCUT2D eigenvalue weighted by Gasteiger charge is -2.17. The Bertz CT molecular complexity index is 343. The number of rotatable bonds is 2. The summed E-state index contributed by atoms with van der Waals surface area (Å²) in [4.78, 5) is 5.03. The zero-order chi connectivity index (χ0) is 10.7. The van der Waals surface area contributed by atoms with Gasteiger partial charge in [0.25, 0.3) is 0 Å². The number of fused-ring (bicyclic) bond motifs is 1. The van der Waals surface area contributed by atoms with Gasteiger partial charge in [-0.3, -0.25) is 0 Å². The summed E-state index contributed by atoms with van der Waals surface area (Å²) in [5.41, 5.74) is 4.22. The molecule has 0 saturated carbocycles. The minimum Gasteiger partial charge on any atom is -0.492 e. The topological polar surface area (TPSA) is 30.5 Å². The number of ether oxygens (including phenoxy) is 1. The maximum Gasteiger partial charge on any atom is 0.137 e. The molecule has 1 aliphatic heterocycles. The Morgan fingerprint density at radius 3 is 3.20 bits per heavy atom. The number of para-hydroxylation sites is 1. The number of hydrogen-bond acceptors (Lipinski definition) is 3. The molecule has 82 valence electrons. The summed E-state index contributed by atoms with van der Waals surface area (Å²) < 4.78 is 6.91. The van der Waals surface area contributed by atoms with Gasteiger partial charge in [-0.2, -0.15) is 5.48 Å². The SMILES string of the molecule is CONC1CCCOc2c(I)cccc21. The quantitative estimate of drug-likeness (QED) is 0.671. The Labute approximate surface area is 103 Å². The standard InChI is InChI=1S/C11H14INO2/c1-14-13-10-6-3-7-15-11-8(10)4-2-5-9(11)12/h2,4-5,10,13H,3,6-7H2,1H3. The average Bonchev–Trinajstić information content (AvgIpc) is 2.43. The van der Waals surface area contributed by atoms with Gasteiger partial charge in [-0.25, -0.2) is 0 Å². The molecule has 3 nitrogen and oxygen atoms in total. The minimum atomic E-state index is 0.238. The molecule has 0 amide bonds. The Hall–Kier alpha value is -0.330. The van der Waals surface area contributed by atoms with E-state index < -0.39 is 0 Å². The van der Waals surface area contributed by atoms with E-state index in [9.17, 15) is 0 Å². The van der Waals surface area contributed by atoms with Gasteiger partial charge in [0.05, 0.1) is 23.3 Å². The van der Waals surface area contributed by atoms with Crippen LogP contribution in [0.2, 0.25) is 0 Å². The van der Waals surface area contributed by atoms with Crippen LogP contribution in [-0.2, 0) is 4.84 Å². The van der Waals surface area contributed by atoms with Gasteiger partial charge in [0.1, 0.15) is 5.75 Å². The molecule has 0 saturated heterocycles. The molecule has 4 heteroatoms. The Kier molecular flexibility index (Phi) is 3.82. The van der Waals surface area contributed by atoms with Crippen LogP contribution < -0.4 is 10.2 Å². The molecule has 0 spiro atoms. The van der Waals surface area contributed by atoms with Crippen molar-refractivity contribution >= 4 is 22.6 Å². The lowest BCUT2D eigenvalue weighted by atomic mass is 10.0. The first-order chi connectivity index (χ1) is 7.33. The fourth-order valence-corrected chi connectivity index (χ4v) is 2.51. The van der Waals surface area contributed by atoms with Gasteiger partial charge in [0.2, 0.25) is 0 Å². The molecular weight excluding hydrogens is 305 g/mol. The van der Waals surface area contributed by atoms with Crippen LogP contribution in [0.25, 0.3) is 0 Å². The number of halogens is 1. The summed E-state index contributed by atoms with van der Waals surface area (Å²) in [7, 11) is 1.65. The third-order valence-corrected chi connectivity index (χ3v) is 3.37. The second-order valence-electron chi connectivity index (χ2n) is 3.52. The first-order valence-electron chi connectivity index (χ1n) is 5.02. The highest BCUT2D eigenvalue weighted by molar-refractivity contribution is 14.1. The van der Waals surface area contributed by atoms with E-state index in [2.05, 4.69) is 46.3 Å². The molecule has 1 heterocycles. The van der Waals surface area contributed by atoms with E-state index in [0.29, 0.717) is 0 Å². The number of hydroxylamine groups is 1. The van der Waals surface area contributed by atoms with Gasteiger partial charge >= 0.3 is 0 Å². The molecule has 1 aromatic rings. The van der Waals surface area contributed by atoms with Crippen molar-refractivity contribution in [3.63, 3.8) is 0 Å². The number of hydrogen-bond donors (Lipinski definition) is 1. The lowest BCUT2D eigenvalue weighted by Crippen LogP contribution is -2.19. The fraction of sp³-hybridized carbons (Fsp3) is 0.455. The molecule has 0 bridgehead atoms. The Balaban J connectivity index is 2.36. The van der Waals surface area contributed by atoms with Crippen LogP contribution in [0.15, 0.2) is 18.2 Å². The van der Waals surface area contributed by atoms with Crippen molar-refractivity contribution in [1.29, 1.82) is 0 Å². The summed E-state index contributed by atoms with van der Waals surface area (Å²) in [6.45, 7) is 0.787. The smallest absolute Gasteiger partial charge is 0.137 e. The maximum absolute atomic E-state index is 5.75. The molecule has 1 aliphatic rings. The Morgan fingerprint density at radius 1 is 1.53 bits per heavy atom. The predicted octanol–water partition coefficient (Wildman–Crippen LogP) is 2.66. The predicted molar refractivity (Wildman–Crippen MR) is 66.8 cm³/mol. The summed E-state index contributed by atoms with van der Waals surface area (Å²) in [5, 5.41) is 0. The summed E-state index contributed by atoms with van der Waals surface area (Å²) in [6, 6.07) is 6.45. The van der Waals surface area contributed by atoms with Gasteiger partial charge in [-0.1, -0.05) is 12.1 Å². The molecule has 1 atom stereocenters. The van der Waals surface area contributed by atoms with Crippen molar-refractivity contribution in [2.75, 3.05) is 13.7 Å². The van der Waals surface area contributed by atoms with E-state index in [0.717, 1.165) is 28.8 Å². The van der Waals surface area contributed by atoms with Gasteiger partial charge < -0.3 is 9.57 Å². The van der Waals surface area contributed by atoms with Gasteiger partial charge in [-0.15, -0.1) is 0 Å². The van der Waals surface area contributed by atoms with Crippen molar-refractivity contribution in [2.45, 2.75) is 18.9 Å². The van der Waals surface area contributed by atoms with Crippen molar-refractivity contribution < 1.29 is 9.57 Å². The first-order valence-corrected chi connectivity index (χ1v) is 6.10. The highest BCUT2D eigenvalue weighted by atomic mass is 127. The van der Waals surface area contributed by atoms with Crippen LogP contribution >= 0.6 is 22.6 Å². The van der Waals surface area contributed by atoms with Gasteiger partial charge in [0, 0.05) is 5.56 Å². The zero-order valence-electron chi connectivity index (χ0n) is 8.63. The highest BCUT2D eigenvalue weighted by Crippen LogP contribution is 2.34. The van der Waals surface area contributed by atoms with Crippen LogP contribution in [0.4, 0.5) is 0 Å².